The van der Waals surface area contributed by atoms with Gasteiger partial charge in [0.2, 0.25) is 0 Å². The molecule has 2 heterocycles. The van der Waals surface area contributed by atoms with Crippen molar-refractivity contribution < 1.29 is 34.6 Å². The molecule has 0 spiro atoms. The van der Waals surface area contributed by atoms with Crippen molar-refractivity contribution >= 4 is 0 Å². The third-order valence-electron chi connectivity index (χ3n) is 5.79. The third kappa shape index (κ3) is 4.04. The fourth-order valence-electron chi connectivity index (χ4n) is 4.04. The van der Waals surface area contributed by atoms with E-state index in [1.165, 1.54) is 5.56 Å². The van der Waals surface area contributed by atoms with Crippen LogP contribution in [0.5, 0.6) is 11.5 Å². The summed E-state index contributed by atoms with van der Waals surface area (Å²) in [5.74, 6) is 1.21. The van der Waals surface area contributed by atoms with E-state index in [1.54, 1.807) is 6.07 Å². The summed E-state index contributed by atoms with van der Waals surface area (Å²) < 4.78 is 17.4. The molecule has 1 saturated heterocycles. The van der Waals surface area contributed by atoms with E-state index in [4.69, 9.17) is 14.2 Å². The highest BCUT2D eigenvalue weighted by Crippen LogP contribution is 2.41. The molecule has 7 heteroatoms. The molecule has 4 rings (SSSR count). The van der Waals surface area contributed by atoms with Crippen molar-refractivity contribution in [3.63, 3.8) is 0 Å². The Morgan fingerprint density at radius 1 is 0.900 bits per heavy atom. The van der Waals surface area contributed by atoms with Crippen LogP contribution in [0.3, 0.4) is 0 Å². The molecule has 0 radical (unpaired) electrons. The van der Waals surface area contributed by atoms with Gasteiger partial charge in [0.05, 0.1) is 6.61 Å². The van der Waals surface area contributed by atoms with E-state index in [-0.39, 0.29) is 0 Å². The molecular weight excluding hydrogens is 388 g/mol. The molecule has 0 aliphatic carbocycles. The van der Waals surface area contributed by atoms with Crippen molar-refractivity contribution in [1.82, 2.24) is 0 Å². The first-order chi connectivity index (χ1) is 14.5. The fraction of sp³-hybridized carbons (Fsp3) is 0.478. The summed E-state index contributed by atoms with van der Waals surface area (Å²) in [6.45, 7) is 2.51. The summed E-state index contributed by atoms with van der Waals surface area (Å²) in [6, 6.07) is 11.9. The maximum absolute atomic E-state index is 10.5. The fourth-order valence-corrected chi connectivity index (χ4v) is 4.04. The number of rotatable bonds is 5. The maximum Gasteiger partial charge on any atom is 0.164 e. The Labute approximate surface area is 175 Å². The Hall–Kier alpha value is -2.16. The third-order valence-corrected chi connectivity index (χ3v) is 5.79. The first-order valence-electron chi connectivity index (χ1n) is 10.3. The van der Waals surface area contributed by atoms with E-state index in [2.05, 4.69) is 31.2 Å². The van der Waals surface area contributed by atoms with E-state index in [0.717, 1.165) is 17.5 Å². The summed E-state index contributed by atoms with van der Waals surface area (Å²) in [4.78, 5) is 0. The molecule has 2 aliphatic heterocycles. The second-order valence-corrected chi connectivity index (χ2v) is 7.80. The van der Waals surface area contributed by atoms with Crippen molar-refractivity contribution in [2.75, 3.05) is 19.8 Å². The molecule has 4 N–H and O–H groups in total. The minimum atomic E-state index is -1.43. The zero-order valence-electron chi connectivity index (χ0n) is 16.9. The Kier molecular flexibility index (Phi) is 6.26. The zero-order chi connectivity index (χ0) is 21.3. The SMILES string of the molecule is CCc1ccc(Cc2cc([C@@H]3O[C@H](CO)[C@@H](O)[C@H](O)[C@H]3O)cc3c2OCCO3)cc1. The first kappa shape index (κ1) is 21.1. The van der Waals surface area contributed by atoms with Gasteiger partial charge in [0.1, 0.15) is 43.7 Å². The maximum atomic E-state index is 10.5. The Morgan fingerprint density at radius 3 is 2.30 bits per heavy atom. The van der Waals surface area contributed by atoms with Crippen LogP contribution < -0.4 is 9.47 Å². The van der Waals surface area contributed by atoms with Gasteiger partial charge in [-0.3, -0.25) is 0 Å². The van der Waals surface area contributed by atoms with E-state index >= 15 is 0 Å². The van der Waals surface area contributed by atoms with Gasteiger partial charge in [0, 0.05) is 12.0 Å². The van der Waals surface area contributed by atoms with Gasteiger partial charge in [-0.1, -0.05) is 31.2 Å². The van der Waals surface area contributed by atoms with Crippen molar-refractivity contribution in [1.29, 1.82) is 0 Å². The Morgan fingerprint density at radius 2 is 1.60 bits per heavy atom. The smallest absolute Gasteiger partial charge is 0.164 e. The lowest BCUT2D eigenvalue weighted by Gasteiger charge is -2.40. The van der Waals surface area contributed by atoms with Gasteiger partial charge in [-0.05, 0) is 35.2 Å². The summed E-state index contributed by atoms with van der Waals surface area (Å²) in [5, 5.41) is 40.3. The molecule has 0 bridgehead atoms. The minimum Gasteiger partial charge on any atom is -0.486 e. The number of benzene rings is 2. The number of hydrogen-bond donors (Lipinski definition) is 4. The van der Waals surface area contributed by atoms with Crippen LogP contribution in [-0.2, 0) is 17.6 Å². The molecule has 2 aliphatic rings. The Balaban J connectivity index is 1.69. The second kappa shape index (κ2) is 8.91. The van der Waals surface area contributed by atoms with Gasteiger partial charge in [0.15, 0.2) is 11.5 Å². The van der Waals surface area contributed by atoms with Gasteiger partial charge in [-0.25, -0.2) is 0 Å². The van der Waals surface area contributed by atoms with Gasteiger partial charge in [-0.15, -0.1) is 0 Å². The van der Waals surface area contributed by atoms with Crippen LogP contribution in [0.2, 0.25) is 0 Å². The zero-order valence-corrected chi connectivity index (χ0v) is 16.9. The number of aliphatic hydroxyl groups is 4. The highest BCUT2D eigenvalue weighted by Gasteiger charge is 2.44. The van der Waals surface area contributed by atoms with Crippen LogP contribution in [0.1, 0.15) is 35.3 Å². The van der Waals surface area contributed by atoms with Crippen molar-refractivity contribution in [2.24, 2.45) is 0 Å². The molecule has 1 fully saturated rings. The molecule has 0 aromatic heterocycles. The van der Waals surface area contributed by atoms with Crippen LogP contribution in [-0.4, -0.2) is 64.7 Å². The van der Waals surface area contributed by atoms with E-state index < -0.39 is 37.1 Å². The van der Waals surface area contributed by atoms with Crippen molar-refractivity contribution in [2.45, 2.75) is 50.3 Å². The quantitative estimate of drug-likeness (QED) is 0.579. The van der Waals surface area contributed by atoms with Crippen LogP contribution in [0, 0.1) is 0 Å². The van der Waals surface area contributed by atoms with Crippen LogP contribution in [0.25, 0.3) is 0 Å². The number of fused-ring (bicyclic) bond motifs is 1. The van der Waals surface area contributed by atoms with Gasteiger partial charge in [-0.2, -0.15) is 0 Å². The monoisotopic (exact) mass is 416 g/mol. The van der Waals surface area contributed by atoms with E-state index in [1.807, 2.05) is 6.07 Å². The summed E-state index contributed by atoms with van der Waals surface area (Å²) in [7, 11) is 0. The van der Waals surface area contributed by atoms with Crippen molar-refractivity contribution in [3.8, 4) is 11.5 Å². The number of ether oxygens (including phenoxy) is 3. The molecule has 2 aromatic rings. The van der Waals surface area contributed by atoms with Crippen molar-refractivity contribution in [3.05, 3.63) is 58.7 Å². The molecule has 162 valence electrons. The van der Waals surface area contributed by atoms with E-state index in [9.17, 15) is 20.4 Å². The molecule has 7 nitrogen and oxygen atoms in total. The molecule has 0 unspecified atom stereocenters. The summed E-state index contributed by atoms with van der Waals surface area (Å²) in [6.07, 6.45) is -4.49. The van der Waals surface area contributed by atoms with Crippen LogP contribution >= 0.6 is 0 Å². The highest BCUT2D eigenvalue weighted by molar-refractivity contribution is 5.52. The second-order valence-electron chi connectivity index (χ2n) is 7.80. The van der Waals surface area contributed by atoms with Crippen LogP contribution in [0.15, 0.2) is 36.4 Å². The molecule has 30 heavy (non-hydrogen) atoms. The predicted octanol–water partition coefficient (Wildman–Crippen LogP) is 1.13. The average Bonchev–Trinajstić information content (AvgIpc) is 2.78. The highest BCUT2D eigenvalue weighted by atomic mass is 16.6. The topological polar surface area (TPSA) is 109 Å². The molecular formula is C23H28O7. The first-order valence-corrected chi connectivity index (χ1v) is 10.3. The standard InChI is InChI=1S/C23H28O7/c1-2-13-3-5-14(6-4-13)9-15-10-16(11-17-22(15)29-8-7-28-17)23-21(27)20(26)19(25)18(12-24)30-23/h3-6,10-11,18-21,23-27H,2,7-9,12H2,1H3/t18-,19-,20+,21-,23+/m1/s1. The summed E-state index contributed by atoms with van der Waals surface area (Å²) in [5.41, 5.74) is 3.84. The van der Waals surface area contributed by atoms with E-state index in [0.29, 0.717) is 36.7 Å². The molecule has 0 amide bonds. The summed E-state index contributed by atoms with van der Waals surface area (Å²) >= 11 is 0. The van der Waals surface area contributed by atoms with Gasteiger partial charge < -0.3 is 34.6 Å². The normalized spacial score (nSPS) is 28.4. The number of aliphatic hydroxyl groups excluding tert-OH is 4. The lowest BCUT2D eigenvalue weighted by atomic mass is 9.89. The lowest BCUT2D eigenvalue weighted by molar-refractivity contribution is -0.231. The molecule has 0 saturated carbocycles. The molecule has 5 atom stereocenters. The number of aryl methyl sites for hydroxylation is 1. The minimum absolute atomic E-state index is 0.412. The molecule has 2 aromatic carbocycles. The number of hydrogen-bond acceptors (Lipinski definition) is 7. The average molecular weight is 416 g/mol. The van der Waals surface area contributed by atoms with Gasteiger partial charge >= 0.3 is 0 Å². The predicted molar refractivity (Wildman–Crippen MR) is 109 cm³/mol. The van der Waals surface area contributed by atoms with Gasteiger partial charge in [0.25, 0.3) is 0 Å². The Bertz CT molecular complexity index is 865. The largest absolute Gasteiger partial charge is 0.486 e. The lowest BCUT2D eigenvalue weighted by Crippen LogP contribution is -2.55. The van der Waals surface area contributed by atoms with Crippen LogP contribution in [0.4, 0.5) is 0 Å².